The van der Waals surface area contributed by atoms with E-state index in [2.05, 4.69) is 31.1 Å². The number of carbonyl (C=O) groups is 1. The number of aromatic nitrogens is 5. The van der Waals surface area contributed by atoms with Crippen molar-refractivity contribution in [1.29, 1.82) is 0 Å². The van der Waals surface area contributed by atoms with Gasteiger partial charge in [0.2, 0.25) is 5.91 Å². The normalized spacial score (nSPS) is 10.4. The monoisotopic (exact) mass is 289 g/mol. The van der Waals surface area contributed by atoms with E-state index in [4.69, 9.17) is 0 Å². The summed E-state index contributed by atoms with van der Waals surface area (Å²) in [5, 5.41) is 17.2. The van der Waals surface area contributed by atoms with E-state index in [1.807, 2.05) is 13.0 Å². The molecule has 0 aliphatic carbocycles. The van der Waals surface area contributed by atoms with Crippen molar-refractivity contribution >= 4 is 11.6 Å². The fourth-order valence-electron chi connectivity index (χ4n) is 1.82. The van der Waals surface area contributed by atoms with Gasteiger partial charge >= 0.3 is 0 Å². The number of carbonyl (C=O) groups excluding carboxylic acids is 1. The van der Waals surface area contributed by atoms with Crippen molar-refractivity contribution in [3.05, 3.63) is 29.8 Å². The van der Waals surface area contributed by atoms with Crippen LogP contribution < -0.4 is 10.6 Å². The highest BCUT2D eigenvalue weighted by Gasteiger charge is 2.04. The Morgan fingerprint density at radius 1 is 1.33 bits per heavy atom. The largest absolute Gasteiger partial charge is 0.383 e. The third-order valence-corrected chi connectivity index (χ3v) is 3.04. The summed E-state index contributed by atoms with van der Waals surface area (Å²) in [6, 6.07) is 1.91. The number of amides is 1. The molecule has 8 heteroatoms. The van der Waals surface area contributed by atoms with E-state index in [-0.39, 0.29) is 5.91 Å². The Morgan fingerprint density at radius 2 is 2.19 bits per heavy atom. The van der Waals surface area contributed by atoms with Crippen molar-refractivity contribution in [2.45, 2.75) is 26.8 Å². The van der Waals surface area contributed by atoms with Crippen molar-refractivity contribution in [3.63, 3.8) is 0 Å². The summed E-state index contributed by atoms with van der Waals surface area (Å²) in [6.45, 7) is 5.51. The quantitative estimate of drug-likeness (QED) is 0.712. The van der Waals surface area contributed by atoms with Gasteiger partial charge in [0, 0.05) is 37.6 Å². The number of aryl methyl sites for hydroxylation is 3. The Balaban J connectivity index is 1.63. The maximum Gasteiger partial charge on any atom is 0.221 e. The van der Waals surface area contributed by atoms with Gasteiger partial charge in [0.1, 0.15) is 5.82 Å². The van der Waals surface area contributed by atoms with E-state index >= 15 is 0 Å². The lowest BCUT2D eigenvalue weighted by Crippen LogP contribution is -2.29. The molecular weight excluding hydrogens is 270 g/mol. The minimum Gasteiger partial charge on any atom is -0.383 e. The van der Waals surface area contributed by atoms with Gasteiger partial charge in [-0.25, -0.2) is 4.68 Å². The molecule has 2 heterocycles. The second-order valence-electron chi connectivity index (χ2n) is 4.67. The van der Waals surface area contributed by atoms with Gasteiger partial charge in [-0.1, -0.05) is 0 Å². The molecule has 8 nitrogen and oxygen atoms in total. The average Bonchev–Trinajstić information content (AvgIpc) is 2.88. The zero-order valence-electron chi connectivity index (χ0n) is 12.2. The number of hydrogen-bond donors (Lipinski definition) is 2. The van der Waals surface area contributed by atoms with Crippen LogP contribution in [0.3, 0.4) is 0 Å². The fourth-order valence-corrected chi connectivity index (χ4v) is 1.82. The van der Waals surface area contributed by atoms with Crippen molar-refractivity contribution in [1.82, 2.24) is 30.5 Å². The minimum atomic E-state index is -0.0156. The van der Waals surface area contributed by atoms with Crippen LogP contribution in [0.15, 0.2) is 18.5 Å². The van der Waals surface area contributed by atoms with E-state index in [0.717, 1.165) is 11.3 Å². The molecule has 0 aliphatic rings. The number of pyridine rings is 1. The molecule has 0 radical (unpaired) electrons. The van der Waals surface area contributed by atoms with E-state index in [1.165, 1.54) is 0 Å². The van der Waals surface area contributed by atoms with E-state index in [1.54, 1.807) is 24.0 Å². The zero-order valence-corrected chi connectivity index (χ0v) is 12.2. The van der Waals surface area contributed by atoms with Gasteiger partial charge in [-0.05, 0) is 35.9 Å². The molecule has 2 aromatic heterocycles. The van der Waals surface area contributed by atoms with Crippen LogP contribution in [-0.2, 0) is 11.3 Å². The molecule has 0 bridgehead atoms. The highest BCUT2D eigenvalue weighted by atomic mass is 16.1. The first-order valence-electron chi connectivity index (χ1n) is 6.81. The zero-order chi connectivity index (χ0) is 15.1. The molecular formula is C13H19N7O. The number of nitrogens with zero attached hydrogens (tertiary/aromatic N) is 5. The molecule has 2 N–H and O–H groups in total. The maximum absolute atomic E-state index is 11.7. The van der Waals surface area contributed by atoms with Crippen LogP contribution in [0.5, 0.6) is 0 Å². The summed E-state index contributed by atoms with van der Waals surface area (Å²) < 4.78 is 1.61. The van der Waals surface area contributed by atoms with Crippen molar-refractivity contribution in [2.75, 3.05) is 18.4 Å². The summed E-state index contributed by atoms with van der Waals surface area (Å²) in [5.41, 5.74) is 2.11. The molecule has 0 unspecified atom stereocenters. The molecule has 0 saturated heterocycles. The lowest BCUT2D eigenvalue weighted by atomic mass is 10.2. The van der Waals surface area contributed by atoms with Crippen LogP contribution in [0.4, 0.5) is 5.69 Å². The topological polar surface area (TPSA) is 97.6 Å². The van der Waals surface area contributed by atoms with Gasteiger partial charge in [0.15, 0.2) is 0 Å². The molecule has 112 valence electrons. The second-order valence-corrected chi connectivity index (χ2v) is 4.67. The Hall–Kier alpha value is -2.51. The number of tetrazole rings is 1. The van der Waals surface area contributed by atoms with E-state index in [0.29, 0.717) is 31.9 Å². The molecule has 0 aromatic carbocycles. The van der Waals surface area contributed by atoms with E-state index < -0.39 is 0 Å². The minimum absolute atomic E-state index is 0.0156. The van der Waals surface area contributed by atoms with Gasteiger partial charge in [-0.15, -0.1) is 5.10 Å². The number of hydrogen-bond acceptors (Lipinski definition) is 6. The highest BCUT2D eigenvalue weighted by molar-refractivity contribution is 5.75. The summed E-state index contributed by atoms with van der Waals surface area (Å²) in [5.74, 6) is 0.691. The van der Waals surface area contributed by atoms with Crippen LogP contribution in [0.1, 0.15) is 17.8 Å². The lowest BCUT2D eigenvalue weighted by Gasteiger charge is -2.09. The van der Waals surface area contributed by atoms with E-state index in [9.17, 15) is 4.79 Å². The van der Waals surface area contributed by atoms with Gasteiger partial charge in [-0.2, -0.15) is 0 Å². The molecule has 0 spiro atoms. The van der Waals surface area contributed by atoms with Crippen LogP contribution in [0.2, 0.25) is 0 Å². The number of nitrogens with one attached hydrogen (secondary N) is 2. The Morgan fingerprint density at radius 3 is 2.90 bits per heavy atom. The third-order valence-electron chi connectivity index (χ3n) is 3.04. The summed E-state index contributed by atoms with van der Waals surface area (Å²) in [7, 11) is 0. The number of anilines is 1. The van der Waals surface area contributed by atoms with Crippen LogP contribution >= 0.6 is 0 Å². The Labute approximate surface area is 123 Å². The van der Waals surface area contributed by atoms with Gasteiger partial charge in [0.25, 0.3) is 0 Å². The first-order chi connectivity index (χ1) is 10.2. The van der Waals surface area contributed by atoms with Gasteiger partial charge < -0.3 is 10.6 Å². The molecule has 2 aromatic rings. The summed E-state index contributed by atoms with van der Waals surface area (Å²) in [4.78, 5) is 15.7. The van der Waals surface area contributed by atoms with Crippen molar-refractivity contribution in [2.24, 2.45) is 0 Å². The fraction of sp³-hybridized carbons (Fsp3) is 0.462. The summed E-state index contributed by atoms with van der Waals surface area (Å²) >= 11 is 0. The van der Waals surface area contributed by atoms with Crippen LogP contribution in [-0.4, -0.2) is 44.2 Å². The smallest absolute Gasteiger partial charge is 0.221 e. The first-order valence-corrected chi connectivity index (χ1v) is 6.81. The standard InChI is InChI=1S/C13H19N7O/c1-10-9-14-5-3-12(10)15-6-7-16-13(21)4-8-20-11(2)17-18-19-20/h3,5,9H,4,6-8H2,1-2H3,(H,14,15)(H,16,21). The average molecular weight is 289 g/mol. The van der Waals surface area contributed by atoms with Crippen LogP contribution in [0, 0.1) is 13.8 Å². The molecule has 2 rings (SSSR count). The van der Waals surface area contributed by atoms with Gasteiger partial charge in [-0.3, -0.25) is 9.78 Å². The molecule has 0 atom stereocenters. The summed E-state index contributed by atoms with van der Waals surface area (Å²) in [6.07, 6.45) is 3.90. The SMILES string of the molecule is Cc1cnccc1NCCNC(=O)CCn1nnnc1C. The number of rotatable bonds is 7. The predicted octanol–water partition coefficient (Wildman–Crippen LogP) is 0.303. The molecule has 1 amide bonds. The highest BCUT2D eigenvalue weighted by Crippen LogP contribution is 2.10. The van der Waals surface area contributed by atoms with Crippen molar-refractivity contribution < 1.29 is 4.79 Å². The van der Waals surface area contributed by atoms with Crippen molar-refractivity contribution in [3.8, 4) is 0 Å². The maximum atomic E-state index is 11.7. The van der Waals surface area contributed by atoms with Crippen LogP contribution in [0.25, 0.3) is 0 Å². The Bertz CT molecular complexity index is 596. The first kappa shape index (κ1) is 14.9. The lowest BCUT2D eigenvalue weighted by molar-refractivity contribution is -0.121. The molecule has 0 saturated carbocycles. The van der Waals surface area contributed by atoms with Gasteiger partial charge in [0.05, 0.1) is 6.54 Å². The second kappa shape index (κ2) is 7.32. The third kappa shape index (κ3) is 4.51. The molecule has 0 aliphatic heterocycles. The Kier molecular flexibility index (Phi) is 5.19. The molecule has 21 heavy (non-hydrogen) atoms. The molecule has 0 fully saturated rings. The predicted molar refractivity (Wildman–Crippen MR) is 77.6 cm³/mol.